The Kier molecular flexibility index (Phi) is 7.13. The fourth-order valence-electron chi connectivity index (χ4n) is 4.25. The summed E-state index contributed by atoms with van der Waals surface area (Å²) in [6, 6.07) is 10.7. The highest BCUT2D eigenvalue weighted by Gasteiger charge is 2.33. The summed E-state index contributed by atoms with van der Waals surface area (Å²) >= 11 is 0. The van der Waals surface area contributed by atoms with Crippen LogP contribution in [0.2, 0.25) is 0 Å². The van der Waals surface area contributed by atoms with Gasteiger partial charge in [0.15, 0.2) is 6.23 Å². The lowest BCUT2D eigenvalue weighted by molar-refractivity contribution is -0.120. The molecule has 190 valence electrons. The first-order valence-corrected chi connectivity index (χ1v) is 11.7. The van der Waals surface area contributed by atoms with E-state index >= 15 is 0 Å². The molecule has 8 nitrogen and oxygen atoms in total. The smallest absolute Gasteiger partial charge is 0.258 e. The van der Waals surface area contributed by atoms with Crippen LogP contribution in [-0.4, -0.2) is 42.3 Å². The van der Waals surface area contributed by atoms with Crippen molar-refractivity contribution in [2.24, 2.45) is 0 Å². The molecule has 0 spiro atoms. The van der Waals surface area contributed by atoms with E-state index in [2.05, 4.69) is 13.2 Å². The van der Waals surface area contributed by atoms with Gasteiger partial charge in [-0.3, -0.25) is 19.3 Å². The van der Waals surface area contributed by atoms with Crippen LogP contribution < -0.4 is 19.3 Å². The van der Waals surface area contributed by atoms with Gasteiger partial charge in [0.2, 0.25) is 0 Å². The van der Waals surface area contributed by atoms with E-state index in [1.165, 1.54) is 29.2 Å². The van der Waals surface area contributed by atoms with E-state index in [0.29, 0.717) is 22.9 Å². The fraction of sp³-hybridized carbons (Fsp3) is 0.207. The molecule has 1 N–H and O–H groups in total. The van der Waals surface area contributed by atoms with E-state index < -0.39 is 23.5 Å². The number of rotatable bonds is 10. The van der Waals surface area contributed by atoms with Gasteiger partial charge in [0.25, 0.3) is 17.7 Å². The van der Waals surface area contributed by atoms with Gasteiger partial charge in [-0.1, -0.05) is 51.3 Å². The zero-order valence-electron chi connectivity index (χ0n) is 20.7. The van der Waals surface area contributed by atoms with Crippen molar-refractivity contribution in [2.75, 3.05) is 23.0 Å². The van der Waals surface area contributed by atoms with Crippen LogP contribution in [0, 0.1) is 0 Å². The fourth-order valence-corrected chi connectivity index (χ4v) is 4.25. The third kappa shape index (κ3) is 4.83. The summed E-state index contributed by atoms with van der Waals surface area (Å²) in [5.41, 5.74) is 1.68. The molecular weight excluding hydrogens is 472 g/mol. The molecule has 4 rings (SSSR count). The van der Waals surface area contributed by atoms with Crippen molar-refractivity contribution in [3.05, 3.63) is 97.1 Å². The van der Waals surface area contributed by atoms with Gasteiger partial charge in [0.05, 0.1) is 11.4 Å². The average molecular weight is 501 g/mol. The van der Waals surface area contributed by atoms with E-state index in [9.17, 15) is 19.5 Å². The van der Waals surface area contributed by atoms with Crippen LogP contribution in [0.1, 0.15) is 25.0 Å². The predicted molar refractivity (Wildman–Crippen MR) is 141 cm³/mol. The Morgan fingerprint density at radius 3 is 1.84 bits per heavy atom. The Hall–Kier alpha value is -4.43. The monoisotopic (exact) mass is 500 g/mol. The summed E-state index contributed by atoms with van der Waals surface area (Å²) in [5.74, 6) is -0.485. The lowest BCUT2D eigenvalue weighted by Gasteiger charge is -2.31. The molecule has 2 aromatic carbocycles. The number of benzene rings is 2. The van der Waals surface area contributed by atoms with Crippen LogP contribution in [-0.2, 0) is 19.8 Å². The minimum atomic E-state index is -1.12. The van der Waals surface area contributed by atoms with Gasteiger partial charge in [0.1, 0.15) is 24.7 Å². The third-order valence-electron chi connectivity index (χ3n) is 6.30. The topological polar surface area (TPSA) is 96.4 Å². The largest absolute Gasteiger partial charge is 0.487 e. The summed E-state index contributed by atoms with van der Waals surface area (Å²) in [6.07, 6.45) is 7.21. The first-order valence-electron chi connectivity index (χ1n) is 11.7. The summed E-state index contributed by atoms with van der Waals surface area (Å²) in [7, 11) is 0. The summed E-state index contributed by atoms with van der Waals surface area (Å²) in [5, 5.41) is 10.4. The Labute approximate surface area is 215 Å². The van der Waals surface area contributed by atoms with E-state index in [0.717, 1.165) is 16.0 Å². The molecule has 2 aliphatic rings. The van der Waals surface area contributed by atoms with Crippen LogP contribution in [0.5, 0.6) is 11.5 Å². The second-order valence-electron chi connectivity index (χ2n) is 9.02. The van der Waals surface area contributed by atoms with Crippen molar-refractivity contribution >= 4 is 29.1 Å². The Morgan fingerprint density at radius 1 is 0.838 bits per heavy atom. The zero-order chi connectivity index (χ0) is 26.7. The van der Waals surface area contributed by atoms with E-state index in [1.807, 2.05) is 26.0 Å². The highest BCUT2D eigenvalue weighted by atomic mass is 16.5. The van der Waals surface area contributed by atoms with Crippen LogP contribution >= 0.6 is 0 Å². The number of carbonyl (C=O) groups is 3. The van der Waals surface area contributed by atoms with Gasteiger partial charge in [-0.15, -0.1) is 0 Å². The number of imide groups is 1. The molecule has 1 atom stereocenters. The number of aliphatic hydroxyl groups is 1. The van der Waals surface area contributed by atoms with Crippen molar-refractivity contribution in [2.45, 2.75) is 25.5 Å². The van der Waals surface area contributed by atoms with Gasteiger partial charge in [-0.25, -0.2) is 4.90 Å². The summed E-state index contributed by atoms with van der Waals surface area (Å²) < 4.78 is 11.5. The molecule has 1 unspecified atom stereocenters. The quantitative estimate of drug-likeness (QED) is 0.394. The maximum atomic E-state index is 12.5. The highest BCUT2D eigenvalue weighted by Crippen LogP contribution is 2.42. The van der Waals surface area contributed by atoms with E-state index in [1.54, 1.807) is 36.4 Å². The molecule has 37 heavy (non-hydrogen) atoms. The van der Waals surface area contributed by atoms with Crippen LogP contribution in [0.15, 0.2) is 86.0 Å². The van der Waals surface area contributed by atoms with E-state index in [4.69, 9.17) is 9.47 Å². The normalized spacial score (nSPS) is 17.1. The van der Waals surface area contributed by atoms with Gasteiger partial charge in [0, 0.05) is 23.6 Å². The van der Waals surface area contributed by atoms with Crippen molar-refractivity contribution in [1.82, 2.24) is 0 Å². The number of aliphatic hydroxyl groups excluding tert-OH is 1. The maximum Gasteiger partial charge on any atom is 0.258 e. The predicted octanol–water partition coefficient (Wildman–Crippen LogP) is 3.79. The first kappa shape index (κ1) is 25.7. The van der Waals surface area contributed by atoms with Gasteiger partial charge in [-0.2, -0.15) is 0 Å². The number of hydrogen-bond acceptors (Lipinski definition) is 6. The molecule has 0 saturated heterocycles. The lowest BCUT2D eigenvalue weighted by Crippen LogP contribution is -2.34. The minimum absolute atomic E-state index is 0.204. The summed E-state index contributed by atoms with van der Waals surface area (Å²) in [4.78, 5) is 39.8. The molecule has 2 aliphatic heterocycles. The first-order chi connectivity index (χ1) is 17.7. The van der Waals surface area contributed by atoms with Gasteiger partial charge >= 0.3 is 0 Å². The average Bonchev–Trinajstić information content (AvgIpc) is 3.40. The molecular formula is C29H28N2O6. The number of anilines is 2. The number of carbonyl (C=O) groups excluding carboxylic acids is 3. The number of hydrogen-bond donors (Lipinski definition) is 1. The molecule has 0 bridgehead atoms. The molecule has 8 heteroatoms. The third-order valence-corrected chi connectivity index (χ3v) is 6.30. The van der Waals surface area contributed by atoms with Gasteiger partial charge in [-0.05, 0) is 41.5 Å². The molecule has 2 heterocycles. The number of nitrogens with zero attached hydrogens (tertiary/aromatic N) is 2. The molecule has 0 aliphatic carbocycles. The molecule has 0 aromatic heterocycles. The molecule has 0 saturated carbocycles. The zero-order valence-corrected chi connectivity index (χ0v) is 20.7. The molecule has 0 radical (unpaired) electrons. The lowest BCUT2D eigenvalue weighted by atomic mass is 9.77. The van der Waals surface area contributed by atoms with E-state index in [-0.39, 0.29) is 19.1 Å². The Morgan fingerprint density at radius 2 is 1.35 bits per heavy atom. The Balaban J connectivity index is 1.80. The Bertz CT molecular complexity index is 1320. The second-order valence-corrected chi connectivity index (χ2v) is 9.02. The summed E-state index contributed by atoms with van der Waals surface area (Å²) in [6.45, 7) is 11.7. The van der Waals surface area contributed by atoms with Crippen molar-refractivity contribution in [3.63, 3.8) is 0 Å². The standard InChI is InChI=1S/C29H28N2O6/c1-5-15-36-23-9-7-19(17-21(23)30-25(32)11-12-26(30)33)29(3,4)20-8-10-24(37-16-6-2)22(18-20)31-27(34)13-14-28(31)35/h5-14,17-18,25,32H,1-2,15-16H2,3-4H3. The molecule has 2 aromatic rings. The van der Waals surface area contributed by atoms with Crippen molar-refractivity contribution < 1.29 is 29.0 Å². The van der Waals surface area contributed by atoms with Crippen molar-refractivity contribution in [3.8, 4) is 11.5 Å². The van der Waals surface area contributed by atoms with Crippen LogP contribution in [0.3, 0.4) is 0 Å². The highest BCUT2D eigenvalue weighted by molar-refractivity contribution is 6.28. The second kappa shape index (κ2) is 10.3. The van der Waals surface area contributed by atoms with Crippen molar-refractivity contribution in [1.29, 1.82) is 0 Å². The molecule has 0 fully saturated rings. The van der Waals surface area contributed by atoms with Crippen LogP contribution in [0.25, 0.3) is 0 Å². The molecule has 3 amide bonds. The minimum Gasteiger partial charge on any atom is -0.487 e. The SMILES string of the molecule is C=CCOc1ccc(C(C)(C)c2ccc(OCC=C)c(N3C(=O)C=CC3O)c2)cc1N1C(=O)C=CC1=O. The number of amides is 3. The van der Waals surface area contributed by atoms with Crippen LogP contribution in [0.4, 0.5) is 11.4 Å². The number of ether oxygens (including phenoxy) is 2. The van der Waals surface area contributed by atoms with Gasteiger partial charge < -0.3 is 14.6 Å². The maximum absolute atomic E-state index is 12.5.